The van der Waals surface area contributed by atoms with Gasteiger partial charge in [0.05, 0.1) is 24.4 Å². The van der Waals surface area contributed by atoms with E-state index in [0.717, 1.165) is 45.1 Å². The maximum absolute atomic E-state index is 5.99. The van der Waals surface area contributed by atoms with Crippen LogP contribution in [0.1, 0.15) is 66.2 Å². The molecule has 0 N–H and O–H groups in total. The molecule has 3 unspecified atom stereocenters. The van der Waals surface area contributed by atoms with Crippen LogP contribution >= 0.6 is 0 Å². The molecule has 1 aliphatic carbocycles. The Morgan fingerprint density at radius 3 is 2.73 bits per heavy atom. The van der Waals surface area contributed by atoms with Crippen molar-refractivity contribution < 1.29 is 9.47 Å². The highest BCUT2D eigenvalue weighted by atomic mass is 16.6. The third-order valence-corrected chi connectivity index (χ3v) is 5.57. The highest BCUT2D eigenvalue weighted by Crippen LogP contribution is 2.43. The monoisotopic (exact) mass is 302 g/mol. The maximum atomic E-state index is 5.99. The Kier molecular flexibility index (Phi) is 4.61. The molecule has 2 aliphatic heterocycles. The van der Waals surface area contributed by atoms with Crippen molar-refractivity contribution in [3.63, 3.8) is 0 Å². The lowest BCUT2D eigenvalue weighted by molar-refractivity contribution is 0.150. The van der Waals surface area contributed by atoms with Crippen LogP contribution in [0, 0.1) is 0 Å². The van der Waals surface area contributed by atoms with Gasteiger partial charge < -0.3 is 9.47 Å². The van der Waals surface area contributed by atoms with Gasteiger partial charge in [-0.25, -0.2) is 0 Å². The Balaban J connectivity index is 1.76. The Bertz CT molecular complexity index is 526. The van der Waals surface area contributed by atoms with Gasteiger partial charge in [-0.15, -0.1) is 0 Å². The highest BCUT2D eigenvalue weighted by Gasteiger charge is 2.50. The summed E-state index contributed by atoms with van der Waals surface area (Å²) in [5.41, 5.74) is 6.03. The minimum Gasteiger partial charge on any atom is -0.366 e. The first-order valence-corrected chi connectivity index (χ1v) is 8.79. The van der Waals surface area contributed by atoms with Gasteiger partial charge in [0.25, 0.3) is 0 Å². The Morgan fingerprint density at radius 2 is 1.91 bits per heavy atom. The second-order valence-electron chi connectivity index (χ2n) is 7.60. The molecule has 2 heterocycles. The maximum Gasteiger partial charge on any atom is 0.0977 e. The summed E-state index contributed by atoms with van der Waals surface area (Å²) in [4.78, 5) is 0. The number of epoxide rings is 1. The molecular weight excluding hydrogens is 272 g/mol. The van der Waals surface area contributed by atoms with Gasteiger partial charge in [-0.1, -0.05) is 23.3 Å². The zero-order chi connectivity index (χ0) is 15.7. The summed E-state index contributed by atoms with van der Waals surface area (Å²) < 4.78 is 12.0. The van der Waals surface area contributed by atoms with E-state index < -0.39 is 0 Å². The predicted octanol–water partition coefficient (Wildman–Crippen LogP) is 5.11. The van der Waals surface area contributed by atoms with Gasteiger partial charge in [0.1, 0.15) is 0 Å². The summed E-state index contributed by atoms with van der Waals surface area (Å²) in [6.07, 6.45) is 12.3. The highest BCUT2D eigenvalue weighted by molar-refractivity contribution is 5.29. The van der Waals surface area contributed by atoms with Gasteiger partial charge in [0.15, 0.2) is 0 Å². The van der Waals surface area contributed by atoms with E-state index in [1.807, 2.05) is 0 Å². The first-order valence-electron chi connectivity index (χ1n) is 8.79. The largest absolute Gasteiger partial charge is 0.366 e. The SMILES string of the molecule is CC1=C2CC/C(C)=C\CCC3(C)OC3CC/C(C)=C\C2OC1. The third-order valence-electron chi connectivity index (χ3n) is 5.57. The molecule has 0 amide bonds. The number of hydrogen-bond acceptors (Lipinski definition) is 2. The minimum atomic E-state index is 0.132. The lowest BCUT2D eigenvalue weighted by atomic mass is 9.93. The molecule has 0 saturated carbocycles. The van der Waals surface area contributed by atoms with Gasteiger partial charge in [-0.2, -0.15) is 0 Å². The standard InChI is InChI=1S/C20H30O2/c1-14-6-5-11-20(4)19(22-20)10-8-15(2)12-18-17(9-7-14)16(3)13-21-18/h6,12,18-19H,5,7-11,13H2,1-4H3/b14-6-,15-12-. The first kappa shape index (κ1) is 16.0. The van der Waals surface area contributed by atoms with Crippen molar-refractivity contribution >= 4 is 0 Å². The number of fused-ring (bicyclic) bond motifs is 2. The van der Waals surface area contributed by atoms with Gasteiger partial charge >= 0.3 is 0 Å². The predicted molar refractivity (Wildman–Crippen MR) is 90.9 cm³/mol. The molecule has 0 aromatic heterocycles. The summed E-state index contributed by atoms with van der Waals surface area (Å²) in [5, 5.41) is 0. The lowest BCUT2D eigenvalue weighted by Gasteiger charge is -2.14. The summed E-state index contributed by atoms with van der Waals surface area (Å²) in [7, 11) is 0. The van der Waals surface area contributed by atoms with Gasteiger partial charge in [0, 0.05) is 0 Å². The van der Waals surface area contributed by atoms with Crippen LogP contribution in [0.25, 0.3) is 0 Å². The zero-order valence-electron chi connectivity index (χ0n) is 14.6. The molecule has 3 rings (SSSR count). The minimum absolute atomic E-state index is 0.132. The molecule has 0 bridgehead atoms. The van der Waals surface area contributed by atoms with Gasteiger partial charge in [0.2, 0.25) is 0 Å². The summed E-state index contributed by atoms with van der Waals surface area (Å²) in [5.74, 6) is 0. The fourth-order valence-electron chi connectivity index (χ4n) is 3.77. The molecule has 3 aliphatic rings. The molecule has 0 spiro atoms. The normalized spacial score (nSPS) is 41.6. The van der Waals surface area contributed by atoms with Crippen molar-refractivity contribution in [2.75, 3.05) is 6.61 Å². The summed E-state index contributed by atoms with van der Waals surface area (Å²) >= 11 is 0. The van der Waals surface area contributed by atoms with Crippen molar-refractivity contribution in [3.05, 3.63) is 34.4 Å². The smallest absolute Gasteiger partial charge is 0.0977 e. The summed E-state index contributed by atoms with van der Waals surface area (Å²) in [6.45, 7) is 9.81. The van der Waals surface area contributed by atoms with Crippen molar-refractivity contribution in [2.24, 2.45) is 0 Å². The van der Waals surface area contributed by atoms with Crippen LogP contribution in [-0.2, 0) is 9.47 Å². The Morgan fingerprint density at radius 1 is 1.09 bits per heavy atom. The van der Waals surface area contributed by atoms with E-state index in [0.29, 0.717) is 6.10 Å². The average Bonchev–Trinajstić information content (AvgIpc) is 2.98. The number of hydrogen-bond donors (Lipinski definition) is 0. The number of rotatable bonds is 0. The molecule has 1 fully saturated rings. The van der Waals surface area contributed by atoms with Crippen molar-refractivity contribution in [1.29, 1.82) is 0 Å². The fourth-order valence-corrected chi connectivity index (χ4v) is 3.77. The quantitative estimate of drug-likeness (QED) is 0.458. The average molecular weight is 302 g/mol. The van der Waals surface area contributed by atoms with E-state index in [2.05, 4.69) is 39.8 Å². The molecule has 3 atom stereocenters. The topological polar surface area (TPSA) is 21.8 Å². The second-order valence-corrected chi connectivity index (χ2v) is 7.60. The third kappa shape index (κ3) is 3.55. The molecule has 0 aromatic carbocycles. The van der Waals surface area contributed by atoms with E-state index in [9.17, 15) is 0 Å². The van der Waals surface area contributed by atoms with Crippen LogP contribution < -0.4 is 0 Å². The van der Waals surface area contributed by atoms with Crippen LogP contribution in [0.5, 0.6) is 0 Å². The molecule has 0 aromatic rings. The van der Waals surface area contributed by atoms with E-state index >= 15 is 0 Å². The van der Waals surface area contributed by atoms with Crippen LogP contribution in [0.3, 0.4) is 0 Å². The zero-order valence-corrected chi connectivity index (χ0v) is 14.6. The molecule has 2 nitrogen and oxygen atoms in total. The molecule has 1 saturated heterocycles. The molecule has 122 valence electrons. The Hall–Kier alpha value is -0.860. The van der Waals surface area contributed by atoms with E-state index in [1.165, 1.54) is 22.3 Å². The number of allylic oxidation sites excluding steroid dienone is 3. The summed E-state index contributed by atoms with van der Waals surface area (Å²) in [6, 6.07) is 0. The first-order chi connectivity index (χ1) is 10.5. The molecule has 22 heavy (non-hydrogen) atoms. The van der Waals surface area contributed by atoms with Crippen LogP contribution in [0.4, 0.5) is 0 Å². The van der Waals surface area contributed by atoms with Crippen LogP contribution in [0.15, 0.2) is 34.4 Å². The van der Waals surface area contributed by atoms with Crippen molar-refractivity contribution in [3.8, 4) is 0 Å². The van der Waals surface area contributed by atoms with Crippen LogP contribution in [0.2, 0.25) is 0 Å². The number of ether oxygens (including phenoxy) is 2. The molecular formula is C20H30O2. The second kappa shape index (κ2) is 6.33. The lowest BCUT2D eigenvalue weighted by Crippen LogP contribution is -2.11. The van der Waals surface area contributed by atoms with E-state index in [-0.39, 0.29) is 11.7 Å². The van der Waals surface area contributed by atoms with Gasteiger partial charge in [-0.05, 0) is 77.4 Å². The molecule has 0 radical (unpaired) electrons. The van der Waals surface area contributed by atoms with E-state index in [4.69, 9.17) is 9.47 Å². The van der Waals surface area contributed by atoms with Crippen molar-refractivity contribution in [2.45, 2.75) is 84.0 Å². The van der Waals surface area contributed by atoms with Crippen LogP contribution in [-0.4, -0.2) is 24.4 Å². The van der Waals surface area contributed by atoms with Crippen molar-refractivity contribution in [1.82, 2.24) is 0 Å². The fraction of sp³-hybridized carbons (Fsp3) is 0.700. The van der Waals surface area contributed by atoms with E-state index in [1.54, 1.807) is 0 Å². The Labute approximate surface area is 135 Å². The van der Waals surface area contributed by atoms with Gasteiger partial charge in [-0.3, -0.25) is 0 Å². The molecule has 2 heteroatoms.